The maximum atomic E-state index is 9.20. The molecular formula is C14H26N4O. The monoisotopic (exact) mass is 266 g/mol. The zero-order valence-electron chi connectivity index (χ0n) is 12.3. The minimum absolute atomic E-state index is 0.145. The largest absolute Gasteiger partial charge is 0.395 e. The van der Waals surface area contributed by atoms with Crippen molar-refractivity contribution in [1.29, 1.82) is 0 Å². The Labute approximate surface area is 116 Å². The Morgan fingerprint density at radius 3 is 2.58 bits per heavy atom. The van der Waals surface area contributed by atoms with E-state index in [1.165, 1.54) is 0 Å². The molecule has 0 aliphatic rings. The number of nitrogens with one attached hydrogen (secondary N) is 1. The van der Waals surface area contributed by atoms with Crippen molar-refractivity contribution in [2.24, 2.45) is 0 Å². The Hall–Kier alpha value is -1.36. The fourth-order valence-electron chi connectivity index (χ4n) is 1.92. The third kappa shape index (κ3) is 5.03. The number of aromatic nitrogens is 2. The molecule has 19 heavy (non-hydrogen) atoms. The molecule has 0 bridgehead atoms. The van der Waals surface area contributed by atoms with Gasteiger partial charge >= 0.3 is 0 Å². The van der Waals surface area contributed by atoms with Crippen molar-refractivity contribution in [2.75, 3.05) is 37.0 Å². The average molecular weight is 266 g/mol. The minimum atomic E-state index is 0.145. The smallest absolute Gasteiger partial charge is 0.134 e. The molecule has 0 aliphatic heterocycles. The number of aliphatic hydroxyl groups is 1. The first-order valence-electron chi connectivity index (χ1n) is 7.16. The second-order valence-electron chi connectivity index (χ2n) is 4.59. The SMILES string of the molecule is CCCCN(CCO)c1cc(NC)nc(CCC)n1. The lowest BCUT2D eigenvalue weighted by atomic mass is 10.3. The van der Waals surface area contributed by atoms with Gasteiger partial charge in [0.2, 0.25) is 0 Å². The number of rotatable bonds is 9. The van der Waals surface area contributed by atoms with E-state index >= 15 is 0 Å². The predicted molar refractivity (Wildman–Crippen MR) is 79.8 cm³/mol. The van der Waals surface area contributed by atoms with Crippen LogP contribution in [0.25, 0.3) is 0 Å². The number of nitrogens with zero attached hydrogens (tertiary/aromatic N) is 3. The van der Waals surface area contributed by atoms with Crippen LogP contribution in [-0.4, -0.2) is 41.8 Å². The Morgan fingerprint density at radius 2 is 2.00 bits per heavy atom. The lowest BCUT2D eigenvalue weighted by Crippen LogP contribution is -2.29. The number of anilines is 2. The van der Waals surface area contributed by atoms with Crippen LogP contribution in [0.5, 0.6) is 0 Å². The molecule has 2 N–H and O–H groups in total. The molecule has 1 aromatic rings. The highest BCUT2D eigenvalue weighted by Crippen LogP contribution is 2.17. The van der Waals surface area contributed by atoms with Crippen LogP contribution in [0.1, 0.15) is 38.9 Å². The summed E-state index contributed by atoms with van der Waals surface area (Å²) in [5.41, 5.74) is 0. The Bertz CT molecular complexity index is 370. The van der Waals surface area contributed by atoms with Crippen LogP contribution in [-0.2, 0) is 6.42 Å². The fourth-order valence-corrected chi connectivity index (χ4v) is 1.92. The highest BCUT2D eigenvalue weighted by Gasteiger charge is 2.10. The number of unbranched alkanes of at least 4 members (excludes halogenated alkanes) is 1. The zero-order valence-corrected chi connectivity index (χ0v) is 12.3. The second-order valence-corrected chi connectivity index (χ2v) is 4.59. The number of hydrogen-bond acceptors (Lipinski definition) is 5. The molecule has 0 aromatic carbocycles. The summed E-state index contributed by atoms with van der Waals surface area (Å²) in [6.07, 6.45) is 4.14. The summed E-state index contributed by atoms with van der Waals surface area (Å²) >= 11 is 0. The average Bonchev–Trinajstić information content (AvgIpc) is 2.43. The van der Waals surface area contributed by atoms with Crippen molar-refractivity contribution in [3.63, 3.8) is 0 Å². The van der Waals surface area contributed by atoms with Crippen molar-refractivity contribution >= 4 is 11.6 Å². The zero-order chi connectivity index (χ0) is 14.1. The molecule has 5 nitrogen and oxygen atoms in total. The third-order valence-electron chi connectivity index (χ3n) is 2.96. The topological polar surface area (TPSA) is 61.3 Å². The Balaban J connectivity index is 2.95. The van der Waals surface area contributed by atoms with E-state index in [9.17, 15) is 5.11 Å². The van der Waals surface area contributed by atoms with Crippen LogP contribution >= 0.6 is 0 Å². The van der Waals surface area contributed by atoms with Crippen molar-refractivity contribution in [3.8, 4) is 0 Å². The van der Waals surface area contributed by atoms with E-state index in [0.29, 0.717) is 6.54 Å². The molecule has 108 valence electrons. The minimum Gasteiger partial charge on any atom is -0.395 e. The van der Waals surface area contributed by atoms with Gasteiger partial charge in [-0.05, 0) is 12.8 Å². The first kappa shape index (κ1) is 15.7. The molecule has 5 heteroatoms. The molecule has 0 saturated carbocycles. The molecule has 0 amide bonds. The second kappa shape index (κ2) is 8.69. The maximum Gasteiger partial charge on any atom is 0.134 e. The lowest BCUT2D eigenvalue weighted by Gasteiger charge is -2.23. The summed E-state index contributed by atoms with van der Waals surface area (Å²) in [5.74, 6) is 2.61. The van der Waals surface area contributed by atoms with E-state index in [4.69, 9.17) is 0 Å². The predicted octanol–water partition coefficient (Wildman–Crippen LogP) is 2.07. The molecule has 1 rings (SSSR count). The Morgan fingerprint density at radius 1 is 1.21 bits per heavy atom. The number of hydrogen-bond donors (Lipinski definition) is 2. The van der Waals surface area contributed by atoms with Gasteiger partial charge in [0.15, 0.2) is 0 Å². The van der Waals surface area contributed by atoms with Crippen LogP contribution in [0.2, 0.25) is 0 Å². The summed E-state index contributed by atoms with van der Waals surface area (Å²) in [4.78, 5) is 11.2. The van der Waals surface area contributed by atoms with Crippen LogP contribution in [0.15, 0.2) is 6.07 Å². The van der Waals surface area contributed by atoms with Gasteiger partial charge in [-0.25, -0.2) is 9.97 Å². The summed E-state index contributed by atoms with van der Waals surface area (Å²) in [6.45, 7) is 5.97. The van der Waals surface area contributed by atoms with Crippen molar-refractivity contribution in [2.45, 2.75) is 39.5 Å². The number of aryl methyl sites for hydroxylation is 1. The van der Waals surface area contributed by atoms with Gasteiger partial charge in [0.25, 0.3) is 0 Å². The molecule has 1 heterocycles. The quantitative estimate of drug-likeness (QED) is 0.716. The molecule has 1 aromatic heterocycles. The summed E-state index contributed by atoms with van der Waals surface area (Å²) < 4.78 is 0. The van der Waals surface area contributed by atoms with Crippen molar-refractivity contribution < 1.29 is 5.11 Å². The van der Waals surface area contributed by atoms with Gasteiger partial charge in [0.05, 0.1) is 6.61 Å². The maximum absolute atomic E-state index is 9.20. The highest BCUT2D eigenvalue weighted by atomic mass is 16.3. The van der Waals surface area contributed by atoms with Crippen LogP contribution < -0.4 is 10.2 Å². The fraction of sp³-hybridized carbons (Fsp3) is 0.714. The van der Waals surface area contributed by atoms with Crippen molar-refractivity contribution in [3.05, 3.63) is 11.9 Å². The van der Waals surface area contributed by atoms with E-state index < -0.39 is 0 Å². The molecular weight excluding hydrogens is 240 g/mol. The van der Waals surface area contributed by atoms with Crippen LogP contribution in [0, 0.1) is 0 Å². The first-order valence-corrected chi connectivity index (χ1v) is 7.16. The van der Waals surface area contributed by atoms with Gasteiger partial charge < -0.3 is 15.3 Å². The molecule has 0 unspecified atom stereocenters. The summed E-state index contributed by atoms with van der Waals surface area (Å²) in [5, 5.41) is 12.3. The molecule has 0 atom stereocenters. The molecule has 0 saturated heterocycles. The number of aliphatic hydroxyl groups excluding tert-OH is 1. The van der Waals surface area contributed by atoms with Gasteiger partial charge in [-0.1, -0.05) is 20.3 Å². The molecule has 0 radical (unpaired) electrons. The van der Waals surface area contributed by atoms with E-state index in [-0.39, 0.29) is 6.61 Å². The van der Waals surface area contributed by atoms with Crippen LogP contribution in [0.4, 0.5) is 11.6 Å². The normalized spacial score (nSPS) is 10.5. The standard InChI is InChI=1S/C14H26N4O/c1-4-6-8-18(9-10-19)14-11-13(15-3)16-12(17-14)7-5-2/h11,19H,4-10H2,1-3H3,(H,15,16,17). The lowest BCUT2D eigenvalue weighted by molar-refractivity contribution is 0.301. The van der Waals surface area contributed by atoms with Gasteiger partial charge in [0, 0.05) is 32.6 Å². The Kier molecular flexibility index (Phi) is 7.18. The van der Waals surface area contributed by atoms with Gasteiger partial charge in [-0.3, -0.25) is 0 Å². The van der Waals surface area contributed by atoms with E-state index in [1.54, 1.807) is 0 Å². The molecule has 0 fully saturated rings. The van der Waals surface area contributed by atoms with E-state index in [0.717, 1.165) is 49.7 Å². The van der Waals surface area contributed by atoms with Gasteiger partial charge in [0.1, 0.15) is 17.5 Å². The van der Waals surface area contributed by atoms with E-state index in [2.05, 4.69) is 34.0 Å². The van der Waals surface area contributed by atoms with Gasteiger partial charge in [-0.15, -0.1) is 0 Å². The van der Waals surface area contributed by atoms with Crippen LogP contribution in [0.3, 0.4) is 0 Å². The van der Waals surface area contributed by atoms with Crippen molar-refractivity contribution in [1.82, 2.24) is 9.97 Å². The molecule has 0 spiro atoms. The summed E-state index contributed by atoms with van der Waals surface area (Å²) in [7, 11) is 1.87. The van der Waals surface area contributed by atoms with Gasteiger partial charge in [-0.2, -0.15) is 0 Å². The molecule has 0 aliphatic carbocycles. The van der Waals surface area contributed by atoms with E-state index in [1.807, 2.05) is 13.1 Å². The highest BCUT2D eigenvalue weighted by molar-refractivity contribution is 5.49. The summed E-state index contributed by atoms with van der Waals surface area (Å²) in [6, 6.07) is 1.95. The third-order valence-corrected chi connectivity index (χ3v) is 2.96. The first-order chi connectivity index (χ1) is 9.24.